The summed E-state index contributed by atoms with van der Waals surface area (Å²) in [4.78, 5) is 14.4. The van der Waals surface area contributed by atoms with Crippen molar-refractivity contribution < 1.29 is 19.3 Å². The Kier molecular flexibility index (Phi) is 4.84. The van der Waals surface area contributed by atoms with E-state index in [1.165, 1.54) is 11.2 Å². The van der Waals surface area contributed by atoms with E-state index in [0.717, 1.165) is 3.79 Å². The van der Waals surface area contributed by atoms with E-state index in [4.69, 9.17) is 14.2 Å². The van der Waals surface area contributed by atoms with Crippen molar-refractivity contribution in [2.45, 2.75) is 50.7 Å². The quantitative estimate of drug-likeness (QED) is 0.572. The number of aliphatic hydroxyl groups excluding tert-OH is 1. The molecule has 5 rings (SSSR count). The number of imidazole rings is 1. The Morgan fingerprint density at radius 1 is 1.24 bits per heavy atom. The lowest BCUT2D eigenvalue weighted by atomic mass is 10.1. The monoisotopic (exact) mass is 481 g/mol. The van der Waals surface area contributed by atoms with Crippen LogP contribution in [0.5, 0.6) is 0 Å². The van der Waals surface area contributed by atoms with Crippen LogP contribution in [0.4, 0.5) is 5.82 Å². The normalized spacial score (nSPS) is 28.1. The third-order valence-electron chi connectivity index (χ3n) is 5.00. The van der Waals surface area contributed by atoms with Gasteiger partial charge in [-0.15, -0.1) is 11.3 Å². The highest BCUT2D eigenvalue weighted by molar-refractivity contribution is 9.11. The number of nitrogens with zero attached hydrogens (tertiary/aromatic N) is 4. The molecule has 0 amide bonds. The summed E-state index contributed by atoms with van der Waals surface area (Å²) in [5.74, 6) is -0.0897. The van der Waals surface area contributed by atoms with Crippen molar-refractivity contribution in [3.63, 3.8) is 0 Å². The van der Waals surface area contributed by atoms with Crippen LogP contribution >= 0.6 is 27.3 Å². The predicted molar refractivity (Wildman–Crippen MR) is 109 cm³/mol. The van der Waals surface area contributed by atoms with Gasteiger partial charge in [0.1, 0.15) is 24.6 Å². The molecule has 0 aromatic carbocycles. The number of hydrogen-bond acceptors (Lipinski definition) is 9. The lowest BCUT2D eigenvalue weighted by Crippen LogP contribution is -2.31. The first kappa shape index (κ1) is 19.3. The molecule has 2 aliphatic heterocycles. The maximum absolute atomic E-state index is 9.71. The summed E-state index contributed by atoms with van der Waals surface area (Å²) in [6.45, 7) is 4.20. The second-order valence-corrected chi connectivity index (χ2v) is 9.97. The summed E-state index contributed by atoms with van der Waals surface area (Å²) in [5.41, 5.74) is 1.28. The number of nitrogens with one attached hydrogen (secondary N) is 1. The average Bonchev–Trinajstić information content (AvgIpc) is 3.42. The highest BCUT2D eigenvalue weighted by Gasteiger charge is 2.55. The summed E-state index contributed by atoms with van der Waals surface area (Å²) >= 11 is 5.14. The second-order valence-electron chi connectivity index (χ2n) is 7.42. The van der Waals surface area contributed by atoms with Crippen LogP contribution in [0.2, 0.25) is 0 Å². The maximum atomic E-state index is 9.71. The van der Waals surface area contributed by atoms with E-state index in [9.17, 15) is 5.11 Å². The van der Waals surface area contributed by atoms with Crippen LogP contribution in [0.25, 0.3) is 11.2 Å². The number of anilines is 1. The molecule has 5 heterocycles. The van der Waals surface area contributed by atoms with Crippen molar-refractivity contribution in [3.8, 4) is 0 Å². The number of aromatic nitrogens is 4. The van der Waals surface area contributed by atoms with Gasteiger partial charge >= 0.3 is 0 Å². The topological polar surface area (TPSA) is 104 Å². The molecular formula is C18H20BrN5O4S. The highest BCUT2D eigenvalue weighted by atomic mass is 79.9. The third kappa shape index (κ3) is 3.45. The zero-order chi connectivity index (χ0) is 20.2. The number of aliphatic hydroxyl groups is 1. The van der Waals surface area contributed by atoms with Gasteiger partial charge in [-0.2, -0.15) is 0 Å². The van der Waals surface area contributed by atoms with E-state index in [1.54, 1.807) is 17.7 Å². The van der Waals surface area contributed by atoms with Crippen molar-refractivity contribution >= 4 is 44.2 Å². The predicted octanol–water partition coefficient (Wildman–Crippen LogP) is 2.67. The maximum Gasteiger partial charge on any atom is 0.167 e. The summed E-state index contributed by atoms with van der Waals surface area (Å²) < 4.78 is 20.9. The van der Waals surface area contributed by atoms with Gasteiger partial charge < -0.3 is 24.6 Å². The smallest absolute Gasteiger partial charge is 0.167 e. The van der Waals surface area contributed by atoms with Gasteiger partial charge in [-0.25, -0.2) is 15.0 Å². The van der Waals surface area contributed by atoms with E-state index in [-0.39, 0.29) is 18.8 Å². The summed E-state index contributed by atoms with van der Waals surface area (Å²) in [6, 6.07) is 4.07. The van der Waals surface area contributed by atoms with E-state index in [0.29, 0.717) is 23.5 Å². The number of rotatable bonds is 5. The van der Waals surface area contributed by atoms with Crippen LogP contribution < -0.4 is 5.32 Å². The fourth-order valence-electron chi connectivity index (χ4n) is 3.82. The van der Waals surface area contributed by atoms with Crippen molar-refractivity contribution in [2.24, 2.45) is 0 Å². The summed E-state index contributed by atoms with van der Waals surface area (Å²) in [5, 5.41) is 13.0. The van der Waals surface area contributed by atoms with Crippen molar-refractivity contribution in [1.29, 1.82) is 0 Å². The molecule has 2 unspecified atom stereocenters. The Morgan fingerprint density at radius 2 is 2.07 bits per heavy atom. The highest BCUT2D eigenvalue weighted by Crippen LogP contribution is 2.43. The van der Waals surface area contributed by atoms with E-state index < -0.39 is 18.1 Å². The van der Waals surface area contributed by atoms with Gasteiger partial charge in [0.2, 0.25) is 0 Å². The second kappa shape index (κ2) is 7.25. The van der Waals surface area contributed by atoms with Crippen LogP contribution in [0, 0.1) is 0 Å². The molecule has 154 valence electrons. The van der Waals surface area contributed by atoms with Gasteiger partial charge in [0.05, 0.1) is 23.3 Å². The van der Waals surface area contributed by atoms with Gasteiger partial charge in [-0.05, 0) is 41.9 Å². The minimum Gasteiger partial charge on any atom is -0.394 e. The van der Waals surface area contributed by atoms with Gasteiger partial charge in [-0.3, -0.25) is 4.57 Å². The molecule has 2 saturated heterocycles. The lowest BCUT2D eigenvalue weighted by molar-refractivity contribution is -0.199. The van der Waals surface area contributed by atoms with E-state index >= 15 is 0 Å². The minimum atomic E-state index is -0.738. The molecule has 2 fully saturated rings. The molecule has 9 nitrogen and oxygen atoms in total. The minimum absolute atomic E-state index is 0.151. The van der Waals surface area contributed by atoms with Gasteiger partial charge in [0.25, 0.3) is 0 Å². The van der Waals surface area contributed by atoms with Crippen LogP contribution in [0.3, 0.4) is 0 Å². The number of ether oxygens (including phenoxy) is 3. The standard InChI is InChI=1S/C18H20BrN5O4S/c1-18(2)27-13-10(6-25)26-17(14(13)28-18)24-8-23-12-15(21-7-22-16(12)24)20-5-9-3-4-11(19)29-9/h3-4,7-8,10,13-14,17,25H,5-6H2,1-2H3,(H,20,21,22)/t10-,13?,14?,17-/m1/s1. The number of hydrogen-bond donors (Lipinski definition) is 2. The Balaban J connectivity index is 1.44. The Hall–Kier alpha value is -1.63. The Morgan fingerprint density at radius 3 is 2.83 bits per heavy atom. The molecule has 3 aromatic rings. The molecule has 2 aliphatic rings. The first-order valence-corrected chi connectivity index (χ1v) is 10.8. The van der Waals surface area contributed by atoms with Gasteiger partial charge in [0.15, 0.2) is 29.0 Å². The first-order valence-electron chi connectivity index (χ1n) is 9.23. The summed E-state index contributed by atoms with van der Waals surface area (Å²) in [7, 11) is 0. The largest absolute Gasteiger partial charge is 0.394 e. The molecule has 4 atom stereocenters. The summed E-state index contributed by atoms with van der Waals surface area (Å²) in [6.07, 6.45) is 1.48. The molecule has 0 aliphatic carbocycles. The molecule has 0 bridgehead atoms. The fourth-order valence-corrected chi connectivity index (χ4v) is 5.24. The molecule has 0 saturated carbocycles. The molecule has 29 heavy (non-hydrogen) atoms. The Labute approximate surface area is 179 Å². The molecular weight excluding hydrogens is 462 g/mol. The van der Waals surface area contributed by atoms with E-state index in [1.807, 2.05) is 24.5 Å². The number of halogens is 1. The van der Waals surface area contributed by atoms with E-state index in [2.05, 4.69) is 42.3 Å². The van der Waals surface area contributed by atoms with Crippen molar-refractivity contribution in [2.75, 3.05) is 11.9 Å². The zero-order valence-corrected chi connectivity index (χ0v) is 18.2. The number of fused-ring (bicyclic) bond motifs is 2. The van der Waals surface area contributed by atoms with Crippen molar-refractivity contribution in [1.82, 2.24) is 19.5 Å². The molecule has 0 radical (unpaired) electrons. The van der Waals surface area contributed by atoms with Crippen LogP contribution in [-0.4, -0.2) is 55.3 Å². The molecule has 0 spiro atoms. The zero-order valence-electron chi connectivity index (χ0n) is 15.8. The Bertz CT molecular complexity index is 1040. The first-order chi connectivity index (χ1) is 13.9. The molecule has 3 aromatic heterocycles. The van der Waals surface area contributed by atoms with Crippen LogP contribution in [0.1, 0.15) is 25.0 Å². The van der Waals surface area contributed by atoms with Crippen molar-refractivity contribution in [3.05, 3.63) is 33.5 Å². The average molecular weight is 482 g/mol. The molecule has 11 heteroatoms. The SMILES string of the molecule is CC1(C)OC2C(O1)[C@@H](CO)O[C@H]2n1cnc2c(NCc3ccc(Br)s3)ncnc21. The number of thiophene rings is 1. The molecule has 2 N–H and O–H groups in total. The lowest BCUT2D eigenvalue weighted by Gasteiger charge is -2.24. The fraction of sp³-hybridized carbons (Fsp3) is 0.500. The van der Waals surface area contributed by atoms with Crippen LogP contribution in [-0.2, 0) is 20.8 Å². The van der Waals surface area contributed by atoms with Gasteiger partial charge in [-0.1, -0.05) is 0 Å². The van der Waals surface area contributed by atoms with Crippen LogP contribution in [0.15, 0.2) is 28.6 Å². The third-order valence-corrected chi connectivity index (χ3v) is 6.62. The van der Waals surface area contributed by atoms with Gasteiger partial charge in [0, 0.05) is 4.88 Å².